The number of furan rings is 2. The number of benzene rings is 18. The standard InChI is InChI=1S/C64H46N2O.C60H38N2O/c1-63(2)55-23-7-5-21-50(55)52-28-25-47(36-57(52)63)43-17-10-14-40(32-43)39-13-9-16-42(31-39)46-27-30-59-54(35-46)61-62(67-59)60(65-38-66-61)49-20-12-19-45(34-49)41-15-11-18-44(33-41)48-26-29-53-51-22-6-8-24-56(51)64(3,4)58(53)37-48;1-3-19-52-47(9-1)33-50-31-44(21-24-54(50)52)40-14-5-11-37(27-40)38-12-7-16-42(29-38)46-23-26-57-56(35-46)59-60(63-57)58(61-36-62-59)49-18-8-17-43(30-49)39-13-6-15-41(28-39)45-22-25-55-51(32-45)34-48-10-2-4-20-53(48)55/h5-38H,1-4H3;1-32,35-36H,33-34H2. The molecule has 22 aromatic rings. The van der Waals surface area contributed by atoms with E-state index in [0.29, 0.717) is 11.2 Å². The molecule has 4 aliphatic rings. The van der Waals surface area contributed by atoms with Crippen molar-refractivity contribution in [3.8, 4) is 178 Å². The third kappa shape index (κ3) is 12.9. The Labute approximate surface area is 754 Å². The van der Waals surface area contributed by atoms with Crippen molar-refractivity contribution in [2.75, 3.05) is 0 Å². The monoisotopic (exact) mass is 1660 g/mol. The van der Waals surface area contributed by atoms with Crippen LogP contribution in [-0.2, 0) is 23.7 Å². The Morgan fingerprint density at radius 1 is 0.192 bits per heavy atom. The summed E-state index contributed by atoms with van der Waals surface area (Å²) < 4.78 is 13.2. The van der Waals surface area contributed by atoms with Gasteiger partial charge in [-0.3, -0.25) is 0 Å². The van der Waals surface area contributed by atoms with E-state index >= 15 is 0 Å². The van der Waals surface area contributed by atoms with Crippen LogP contribution >= 0.6 is 0 Å². The van der Waals surface area contributed by atoms with Crippen LogP contribution in [0.4, 0.5) is 0 Å². The highest BCUT2D eigenvalue weighted by Crippen LogP contribution is 2.53. The summed E-state index contributed by atoms with van der Waals surface area (Å²) in [5.41, 5.74) is 53.4. The molecular formula is C124H84N4O2. The first-order chi connectivity index (χ1) is 63.8. The minimum Gasteiger partial charge on any atom is -0.452 e. The zero-order valence-corrected chi connectivity index (χ0v) is 72.3. The molecule has 6 heteroatoms. The molecule has 4 heterocycles. The van der Waals surface area contributed by atoms with Crippen LogP contribution in [0.25, 0.3) is 222 Å². The van der Waals surface area contributed by atoms with Crippen molar-refractivity contribution in [1.82, 2.24) is 19.9 Å². The fourth-order valence-corrected chi connectivity index (χ4v) is 21.3. The molecule has 18 aromatic carbocycles. The number of aromatic nitrogens is 4. The number of fused-ring (bicyclic) bond motifs is 18. The van der Waals surface area contributed by atoms with Crippen LogP contribution in [-0.4, -0.2) is 19.9 Å². The van der Waals surface area contributed by atoms with Crippen LogP contribution < -0.4 is 0 Å². The van der Waals surface area contributed by atoms with Crippen molar-refractivity contribution >= 4 is 44.1 Å². The molecule has 0 saturated carbocycles. The average Bonchev–Trinajstić information content (AvgIpc) is 1.58. The van der Waals surface area contributed by atoms with Gasteiger partial charge in [0.25, 0.3) is 0 Å². The molecule has 0 spiro atoms. The summed E-state index contributed by atoms with van der Waals surface area (Å²) >= 11 is 0. The lowest BCUT2D eigenvalue weighted by Crippen LogP contribution is -2.14. The van der Waals surface area contributed by atoms with Crippen molar-refractivity contribution in [1.29, 1.82) is 0 Å². The second-order valence-corrected chi connectivity index (χ2v) is 36.3. The lowest BCUT2D eigenvalue weighted by Gasteiger charge is -2.22. The number of hydrogen-bond donors (Lipinski definition) is 0. The average molecular weight is 1660 g/mol. The van der Waals surface area contributed by atoms with E-state index in [0.717, 1.165) is 113 Å². The van der Waals surface area contributed by atoms with Gasteiger partial charge in [0, 0.05) is 32.7 Å². The normalized spacial score (nSPS) is 13.1. The Morgan fingerprint density at radius 3 is 0.777 bits per heavy atom. The van der Waals surface area contributed by atoms with Crippen LogP contribution in [0.5, 0.6) is 0 Å². The quantitative estimate of drug-likeness (QED) is 0.121. The molecule has 4 aliphatic carbocycles. The highest BCUT2D eigenvalue weighted by atomic mass is 16.3. The fourth-order valence-electron chi connectivity index (χ4n) is 21.3. The molecule has 0 fully saturated rings. The molecule has 0 atom stereocenters. The predicted molar refractivity (Wildman–Crippen MR) is 535 cm³/mol. The van der Waals surface area contributed by atoms with Gasteiger partial charge in [-0.2, -0.15) is 0 Å². The van der Waals surface area contributed by atoms with E-state index in [1.165, 1.54) is 156 Å². The Bertz CT molecular complexity index is 8460. The minimum absolute atomic E-state index is 0.0435. The van der Waals surface area contributed by atoms with E-state index < -0.39 is 0 Å². The molecule has 4 aromatic heterocycles. The highest BCUT2D eigenvalue weighted by molar-refractivity contribution is 6.10. The van der Waals surface area contributed by atoms with Crippen molar-refractivity contribution in [3.05, 3.63) is 458 Å². The molecule has 0 unspecified atom stereocenters. The van der Waals surface area contributed by atoms with E-state index in [4.69, 9.17) is 28.8 Å². The van der Waals surface area contributed by atoms with Gasteiger partial charge in [-0.15, -0.1) is 0 Å². The minimum atomic E-state index is -0.0513. The van der Waals surface area contributed by atoms with Gasteiger partial charge in [-0.25, -0.2) is 19.9 Å². The summed E-state index contributed by atoms with van der Waals surface area (Å²) in [7, 11) is 0. The van der Waals surface area contributed by atoms with Crippen molar-refractivity contribution in [3.63, 3.8) is 0 Å². The first-order valence-electron chi connectivity index (χ1n) is 45.0. The van der Waals surface area contributed by atoms with Gasteiger partial charge in [-0.05, 0) is 298 Å². The van der Waals surface area contributed by atoms with Gasteiger partial charge in [0.15, 0.2) is 11.2 Å². The third-order valence-electron chi connectivity index (χ3n) is 28.0. The lowest BCUT2D eigenvalue weighted by molar-refractivity contribution is 0.660. The zero-order chi connectivity index (χ0) is 86.5. The molecule has 0 radical (unpaired) electrons. The number of nitrogens with zero attached hydrogens (tertiary/aromatic N) is 4. The van der Waals surface area contributed by atoms with Crippen LogP contribution in [0.15, 0.2) is 422 Å². The number of rotatable bonds is 12. The SMILES string of the molecule is CC1(C)c2ccccc2-c2ccc(-c3cccc(-c4cccc(-c5ccc6oc7c(-c8cccc(-c9cccc(-c%10ccc%11c(c%10)C(C)(C)c%10ccccc%10-%11)c9)c8)ncnc7c6c5)c4)c3)cc21.c1cc(-c2cccc(-c3ccc4oc5c(-c6cccc(-c7cccc(-c8ccc9c(c8)Cc8ccccc8-9)c7)c6)ncnc5c4c3)c2)cc(-c2ccc3c(c2)Cc2ccccc2-3)c1. The van der Waals surface area contributed by atoms with Crippen LogP contribution in [0.3, 0.4) is 0 Å². The van der Waals surface area contributed by atoms with Crippen molar-refractivity contribution < 1.29 is 8.83 Å². The topological polar surface area (TPSA) is 77.8 Å². The summed E-state index contributed by atoms with van der Waals surface area (Å²) in [6.07, 6.45) is 5.29. The lowest BCUT2D eigenvalue weighted by atomic mass is 9.81. The molecule has 0 amide bonds. The van der Waals surface area contributed by atoms with Crippen LogP contribution in [0, 0.1) is 0 Å². The smallest absolute Gasteiger partial charge is 0.180 e. The van der Waals surface area contributed by atoms with E-state index in [9.17, 15) is 0 Å². The van der Waals surface area contributed by atoms with Gasteiger partial charge in [0.2, 0.25) is 0 Å². The Hall–Kier alpha value is -16.3. The molecule has 26 rings (SSSR count). The molecule has 130 heavy (non-hydrogen) atoms. The summed E-state index contributed by atoms with van der Waals surface area (Å²) in [4.78, 5) is 19.2. The second-order valence-electron chi connectivity index (χ2n) is 36.3. The predicted octanol–water partition coefficient (Wildman–Crippen LogP) is 32.5. The molecule has 0 saturated heterocycles. The maximum absolute atomic E-state index is 6.61. The molecule has 6 nitrogen and oxygen atoms in total. The second kappa shape index (κ2) is 30.2. The summed E-state index contributed by atoms with van der Waals surface area (Å²) in [5.74, 6) is 0. The van der Waals surface area contributed by atoms with E-state index in [2.05, 4.69) is 428 Å². The fraction of sp³-hybridized carbons (Fsp3) is 0.0645. The number of hydrogen-bond acceptors (Lipinski definition) is 6. The molecule has 0 N–H and O–H groups in total. The van der Waals surface area contributed by atoms with Crippen LogP contribution in [0.2, 0.25) is 0 Å². The van der Waals surface area contributed by atoms with Gasteiger partial charge >= 0.3 is 0 Å². The summed E-state index contributed by atoms with van der Waals surface area (Å²) in [6, 6.07) is 146. The summed E-state index contributed by atoms with van der Waals surface area (Å²) in [5, 5.41) is 1.94. The van der Waals surface area contributed by atoms with Gasteiger partial charge in [0.05, 0.1) is 0 Å². The largest absolute Gasteiger partial charge is 0.452 e. The maximum Gasteiger partial charge on any atom is 0.180 e. The zero-order valence-electron chi connectivity index (χ0n) is 72.3. The Morgan fingerprint density at radius 2 is 0.438 bits per heavy atom. The maximum atomic E-state index is 6.61. The van der Waals surface area contributed by atoms with E-state index in [1.54, 1.807) is 12.7 Å². The van der Waals surface area contributed by atoms with Gasteiger partial charge in [0.1, 0.15) is 46.2 Å². The van der Waals surface area contributed by atoms with E-state index in [1.807, 2.05) is 0 Å². The Kier molecular flexibility index (Phi) is 17.7. The molecular weight excluding hydrogens is 1580 g/mol. The molecule has 0 aliphatic heterocycles. The highest BCUT2D eigenvalue weighted by Gasteiger charge is 2.37. The first kappa shape index (κ1) is 76.2. The van der Waals surface area contributed by atoms with Gasteiger partial charge in [-0.1, -0.05) is 343 Å². The summed E-state index contributed by atoms with van der Waals surface area (Å²) in [6.45, 7) is 9.36. The van der Waals surface area contributed by atoms with Gasteiger partial charge < -0.3 is 8.83 Å². The molecule has 0 bridgehead atoms. The van der Waals surface area contributed by atoms with Crippen LogP contribution in [0.1, 0.15) is 72.2 Å². The van der Waals surface area contributed by atoms with Crippen molar-refractivity contribution in [2.45, 2.75) is 51.4 Å². The van der Waals surface area contributed by atoms with Crippen molar-refractivity contribution in [2.24, 2.45) is 0 Å². The Balaban J connectivity index is 0.000000141. The third-order valence-corrected chi connectivity index (χ3v) is 28.0. The van der Waals surface area contributed by atoms with E-state index in [-0.39, 0.29) is 10.8 Å². The first-order valence-corrected chi connectivity index (χ1v) is 45.0. The molecule has 612 valence electrons.